The Balaban J connectivity index is 3.80. The Kier molecular flexibility index (Phi) is 9.62. The van der Waals surface area contributed by atoms with Crippen LogP contribution in [0.5, 0.6) is 0 Å². The fourth-order valence-electron chi connectivity index (χ4n) is 2.33. The van der Waals surface area contributed by atoms with E-state index in [2.05, 4.69) is 62.4 Å². The molecular formula is C15H32BrN. The Labute approximate surface area is 117 Å². The normalized spacial score (nSPS) is 15.9. The van der Waals surface area contributed by atoms with Gasteiger partial charge in [0, 0.05) is 16.9 Å². The summed E-state index contributed by atoms with van der Waals surface area (Å²) in [6.07, 6.45) is 5.23. The van der Waals surface area contributed by atoms with Gasteiger partial charge >= 0.3 is 0 Å². The lowest BCUT2D eigenvalue weighted by molar-refractivity contribution is 0.171. The molecule has 2 atom stereocenters. The van der Waals surface area contributed by atoms with Gasteiger partial charge in [-0.1, -0.05) is 36.2 Å². The van der Waals surface area contributed by atoms with Crippen molar-refractivity contribution in [3.8, 4) is 0 Å². The van der Waals surface area contributed by atoms with Crippen LogP contribution in [0.4, 0.5) is 0 Å². The minimum atomic E-state index is 0.665. The maximum Gasteiger partial charge on any atom is 0.0148 e. The lowest BCUT2D eigenvalue weighted by atomic mass is 10.0. The Morgan fingerprint density at radius 2 is 1.53 bits per heavy atom. The summed E-state index contributed by atoms with van der Waals surface area (Å²) in [5.41, 5.74) is 0. The van der Waals surface area contributed by atoms with Crippen molar-refractivity contribution in [2.24, 2.45) is 5.92 Å². The molecule has 0 aromatic carbocycles. The molecule has 0 spiro atoms. The van der Waals surface area contributed by atoms with Crippen molar-refractivity contribution < 1.29 is 0 Å². The summed E-state index contributed by atoms with van der Waals surface area (Å²) in [4.78, 5) is 3.29. The van der Waals surface area contributed by atoms with Crippen LogP contribution in [0.1, 0.15) is 67.2 Å². The number of nitrogens with zero attached hydrogens (tertiary/aromatic N) is 1. The van der Waals surface area contributed by atoms with Crippen molar-refractivity contribution in [1.82, 2.24) is 4.90 Å². The van der Waals surface area contributed by atoms with Gasteiger partial charge in [0.15, 0.2) is 0 Å². The fraction of sp³-hybridized carbons (Fsp3) is 1.00. The molecule has 0 aliphatic heterocycles. The first-order valence-electron chi connectivity index (χ1n) is 7.28. The molecule has 0 aromatic heterocycles. The van der Waals surface area contributed by atoms with Crippen LogP contribution < -0.4 is 0 Å². The van der Waals surface area contributed by atoms with E-state index in [0.717, 1.165) is 5.92 Å². The summed E-state index contributed by atoms with van der Waals surface area (Å²) in [7, 11) is 0. The highest BCUT2D eigenvalue weighted by Gasteiger charge is 2.14. The number of hydrogen-bond acceptors (Lipinski definition) is 1. The molecule has 2 unspecified atom stereocenters. The predicted octanol–water partition coefficient (Wildman–Crippen LogP) is 5.09. The summed E-state index contributed by atoms with van der Waals surface area (Å²) >= 11 is 3.82. The van der Waals surface area contributed by atoms with E-state index >= 15 is 0 Å². The fourth-order valence-corrected chi connectivity index (χ4v) is 3.29. The number of hydrogen-bond donors (Lipinski definition) is 0. The molecule has 0 saturated carbocycles. The lowest BCUT2D eigenvalue weighted by Crippen LogP contribution is -2.37. The Morgan fingerprint density at radius 1 is 1.00 bits per heavy atom. The molecule has 0 amide bonds. The van der Waals surface area contributed by atoms with E-state index in [1.807, 2.05) is 0 Å². The summed E-state index contributed by atoms with van der Waals surface area (Å²) in [5.74, 6) is 0.852. The maximum atomic E-state index is 3.82. The molecule has 17 heavy (non-hydrogen) atoms. The maximum absolute atomic E-state index is 3.82. The van der Waals surface area contributed by atoms with Crippen molar-refractivity contribution in [1.29, 1.82) is 0 Å². The molecule has 0 bridgehead atoms. The molecule has 0 aliphatic carbocycles. The van der Waals surface area contributed by atoms with E-state index in [9.17, 15) is 0 Å². The average molecular weight is 306 g/mol. The van der Waals surface area contributed by atoms with Gasteiger partial charge in [0.05, 0.1) is 0 Å². The van der Waals surface area contributed by atoms with Gasteiger partial charge in [-0.25, -0.2) is 0 Å². The summed E-state index contributed by atoms with van der Waals surface area (Å²) in [6.45, 7) is 15.1. The van der Waals surface area contributed by atoms with E-state index in [-0.39, 0.29) is 0 Å². The zero-order chi connectivity index (χ0) is 13.4. The van der Waals surface area contributed by atoms with Gasteiger partial charge in [-0.15, -0.1) is 0 Å². The monoisotopic (exact) mass is 305 g/mol. The lowest BCUT2D eigenvalue weighted by Gasteiger charge is -2.30. The molecule has 2 heteroatoms. The van der Waals surface area contributed by atoms with E-state index in [1.165, 1.54) is 32.2 Å². The van der Waals surface area contributed by atoms with Crippen molar-refractivity contribution >= 4 is 15.9 Å². The molecule has 0 saturated heterocycles. The number of alkyl halides is 1. The van der Waals surface area contributed by atoms with E-state index < -0.39 is 0 Å². The standard InChI is InChI=1S/C15H32BrN/c1-7-14(6)11-15(16)9-8-10-17(12(2)3)13(4)5/h12-15H,7-11H2,1-6H3. The number of rotatable bonds is 9. The minimum Gasteiger partial charge on any atom is -0.299 e. The van der Waals surface area contributed by atoms with Gasteiger partial charge in [-0.05, 0) is 59.4 Å². The van der Waals surface area contributed by atoms with Crippen LogP contribution in [0.25, 0.3) is 0 Å². The highest BCUT2D eigenvalue weighted by atomic mass is 79.9. The molecule has 1 nitrogen and oxygen atoms in total. The molecule has 0 radical (unpaired) electrons. The van der Waals surface area contributed by atoms with Crippen LogP contribution in [0.15, 0.2) is 0 Å². The van der Waals surface area contributed by atoms with Crippen LogP contribution in [0.2, 0.25) is 0 Å². The zero-order valence-electron chi connectivity index (χ0n) is 12.7. The van der Waals surface area contributed by atoms with Gasteiger partial charge < -0.3 is 0 Å². The highest BCUT2D eigenvalue weighted by molar-refractivity contribution is 9.09. The smallest absolute Gasteiger partial charge is 0.0148 e. The molecule has 0 fully saturated rings. The first-order valence-corrected chi connectivity index (χ1v) is 8.19. The predicted molar refractivity (Wildman–Crippen MR) is 83.0 cm³/mol. The molecule has 0 N–H and O–H groups in total. The number of halogens is 1. The van der Waals surface area contributed by atoms with Gasteiger partial charge in [0.25, 0.3) is 0 Å². The van der Waals surface area contributed by atoms with E-state index in [4.69, 9.17) is 0 Å². The summed E-state index contributed by atoms with van der Waals surface area (Å²) in [6, 6.07) is 1.33. The van der Waals surface area contributed by atoms with E-state index in [1.54, 1.807) is 0 Å². The third-order valence-electron chi connectivity index (χ3n) is 3.62. The third kappa shape index (κ3) is 8.20. The topological polar surface area (TPSA) is 3.24 Å². The molecule has 0 heterocycles. The van der Waals surface area contributed by atoms with Crippen LogP contribution in [-0.2, 0) is 0 Å². The van der Waals surface area contributed by atoms with Gasteiger partial charge in [0.1, 0.15) is 0 Å². The highest BCUT2D eigenvalue weighted by Crippen LogP contribution is 2.20. The average Bonchev–Trinajstić information content (AvgIpc) is 2.22. The summed E-state index contributed by atoms with van der Waals surface area (Å²) in [5, 5.41) is 0. The van der Waals surface area contributed by atoms with Crippen molar-refractivity contribution in [2.45, 2.75) is 84.1 Å². The minimum absolute atomic E-state index is 0.665. The second-order valence-electron chi connectivity index (χ2n) is 5.91. The first kappa shape index (κ1) is 17.4. The third-order valence-corrected chi connectivity index (χ3v) is 4.45. The Morgan fingerprint density at radius 3 is 1.94 bits per heavy atom. The van der Waals surface area contributed by atoms with Crippen molar-refractivity contribution in [3.05, 3.63) is 0 Å². The van der Waals surface area contributed by atoms with Gasteiger partial charge in [-0.3, -0.25) is 4.90 Å². The molecule has 0 aromatic rings. The molecule has 0 aliphatic rings. The second-order valence-corrected chi connectivity index (χ2v) is 7.21. The Bertz CT molecular complexity index is 172. The van der Waals surface area contributed by atoms with Crippen LogP contribution in [0.3, 0.4) is 0 Å². The summed E-state index contributed by atoms with van der Waals surface area (Å²) < 4.78 is 0. The van der Waals surface area contributed by atoms with Crippen LogP contribution in [-0.4, -0.2) is 28.4 Å². The zero-order valence-corrected chi connectivity index (χ0v) is 14.3. The second kappa shape index (κ2) is 9.38. The first-order chi connectivity index (χ1) is 7.88. The largest absolute Gasteiger partial charge is 0.299 e. The molecule has 104 valence electrons. The quantitative estimate of drug-likeness (QED) is 0.537. The SMILES string of the molecule is CCC(C)CC(Br)CCCN(C(C)C)C(C)C. The van der Waals surface area contributed by atoms with Gasteiger partial charge in [0.2, 0.25) is 0 Å². The Hall–Kier alpha value is 0.440. The van der Waals surface area contributed by atoms with Gasteiger partial charge in [-0.2, -0.15) is 0 Å². The van der Waals surface area contributed by atoms with E-state index in [0.29, 0.717) is 16.9 Å². The van der Waals surface area contributed by atoms with Crippen molar-refractivity contribution in [3.63, 3.8) is 0 Å². The molecular weight excluding hydrogens is 274 g/mol. The van der Waals surface area contributed by atoms with Crippen LogP contribution >= 0.6 is 15.9 Å². The van der Waals surface area contributed by atoms with Crippen LogP contribution in [0, 0.1) is 5.92 Å². The van der Waals surface area contributed by atoms with Crippen molar-refractivity contribution in [2.75, 3.05) is 6.54 Å². The molecule has 0 rings (SSSR count).